The van der Waals surface area contributed by atoms with Gasteiger partial charge < -0.3 is 5.32 Å². The highest BCUT2D eigenvalue weighted by Crippen LogP contribution is 2.41. The summed E-state index contributed by atoms with van der Waals surface area (Å²) >= 11 is 0. The number of benzene rings is 1. The highest BCUT2D eigenvalue weighted by molar-refractivity contribution is 5.96. The van der Waals surface area contributed by atoms with E-state index >= 15 is 0 Å². The van der Waals surface area contributed by atoms with Crippen LogP contribution in [0.25, 0.3) is 0 Å². The molecule has 21 heavy (non-hydrogen) atoms. The predicted molar refractivity (Wildman–Crippen MR) is 84.5 cm³/mol. The van der Waals surface area contributed by atoms with Crippen molar-refractivity contribution in [3.8, 4) is 0 Å². The Morgan fingerprint density at radius 2 is 2.00 bits per heavy atom. The second-order valence-electron chi connectivity index (χ2n) is 6.53. The minimum absolute atomic E-state index is 0.229. The van der Waals surface area contributed by atoms with E-state index < -0.39 is 0 Å². The number of Topliss-reactive ketones (excluding diaryl/α,β-unsaturated/α-hetero) is 1. The Morgan fingerprint density at radius 1 is 1.33 bits per heavy atom. The molecule has 114 valence electrons. The van der Waals surface area contributed by atoms with E-state index in [1.54, 1.807) is 18.3 Å². The van der Waals surface area contributed by atoms with E-state index in [0.717, 1.165) is 30.5 Å². The van der Waals surface area contributed by atoms with Gasteiger partial charge in [0.25, 0.3) is 0 Å². The molecule has 0 radical (unpaired) electrons. The molecule has 1 atom stereocenters. The number of hydrogen-bond acceptors (Lipinski definition) is 2. The number of carbonyl (C=O) groups excluding carboxylic acids is 1. The molecule has 0 aromatic heterocycles. The van der Waals surface area contributed by atoms with Gasteiger partial charge in [-0.25, -0.2) is 4.39 Å². The van der Waals surface area contributed by atoms with Gasteiger partial charge in [-0.3, -0.25) is 4.79 Å². The van der Waals surface area contributed by atoms with Crippen molar-refractivity contribution in [3.05, 3.63) is 41.9 Å². The van der Waals surface area contributed by atoms with Gasteiger partial charge in [-0.2, -0.15) is 0 Å². The Balaban J connectivity index is 2.07. The Bertz CT molecular complexity index is 531. The third-order valence-corrected chi connectivity index (χ3v) is 4.82. The van der Waals surface area contributed by atoms with E-state index in [2.05, 4.69) is 26.1 Å². The van der Waals surface area contributed by atoms with Gasteiger partial charge in [0, 0.05) is 23.9 Å². The summed E-state index contributed by atoms with van der Waals surface area (Å²) in [7, 11) is 0. The minimum Gasteiger partial charge on any atom is -0.361 e. The van der Waals surface area contributed by atoms with Crippen molar-refractivity contribution in [3.63, 3.8) is 0 Å². The summed E-state index contributed by atoms with van der Waals surface area (Å²) in [5.41, 5.74) is 1.92. The van der Waals surface area contributed by atoms with Crippen molar-refractivity contribution in [2.24, 2.45) is 11.3 Å². The molecule has 1 aromatic rings. The van der Waals surface area contributed by atoms with Crippen LogP contribution in [-0.4, -0.2) is 5.78 Å². The van der Waals surface area contributed by atoms with Gasteiger partial charge >= 0.3 is 0 Å². The maximum absolute atomic E-state index is 12.9. The fraction of sp³-hybridized carbons (Fsp3) is 0.500. The second kappa shape index (κ2) is 6.42. The van der Waals surface area contributed by atoms with Crippen molar-refractivity contribution < 1.29 is 9.18 Å². The molecule has 2 rings (SSSR count). The lowest BCUT2D eigenvalue weighted by Crippen LogP contribution is -2.29. The van der Waals surface area contributed by atoms with E-state index in [1.807, 2.05) is 0 Å². The van der Waals surface area contributed by atoms with Crippen LogP contribution in [0, 0.1) is 17.2 Å². The first-order valence-corrected chi connectivity index (χ1v) is 7.66. The Morgan fingerprint density at radius 3 is 2.62 bits per heavy atom. The first-order valence-electron chi connectivity index (χ1n) is 7.66. The van der Waals surface area contributed by atoms with Crippen LogP contribution in [0.4, 0.5) is 10.1 Å². The quantitative estimate of drug-likeness (QED) is 0.796. The first kappa shape index (κ1) is 15.7. The van der Waals surface area contributed by atoms with Gasteiger partial charge in [0.15, 0.2) is 5.78 Å². The third-order valence-electron chi connectivity index (χ3n) is 4.82. The number of carbonyl (C=O) groups is 1. The van der Waals surface area contributed by atoms with Gasteiger partial charge in [0.1, 0.15) is 5.82 Å². The third kappa shape index (κ3) is 3.93. The molecule has 0 amide bonds. The van der Waals surface area contributed by atoms with Crippen LogP contribution < -0.4 is 5.32 Å². The molecule has 0 saturated heterocycles. The topological polar surface area (TPSA) is 29.1 Å². The van der Waals surface area contributed by atoms with E-state index in [-0.39, 0.29) is 17.0 Å². The zero-order valence-electron chi connectivity index (χ0n) is 13.1. The molecule has 1 aliphatic rings. The molecule has 1 N–H and O–H groups in total. The van der Waals surface area contributed by atoms with Gasteiger partial charge in [-0.05, 0) is 48.4 Å². The average Bonchev–Trinajstić information content (AvgIpc) is 2.48. The van der Waals surface area contributed by atoms with Crippen LogP contribution in [0.15, 0.2) is 36.0 Å². The highest BCUT2D eigenvalue weighted by Gasteiger charge is 2.33. The summed E-state index contributed by atoms with van der Waals surface area (Å²) in [5, 5.41) is 3.11. The summed E-state index contributed by atoms with van der Waals surface area (Å²) in [6.07, 6.45) is 5.35. The molecular weight excluding hydrogens is 265 g/mol. The normalized spacial score (nSPS) is 21.6. The molecule has 1 aliphatic carbocycles. The Labute approximate surface area is 126 Å². The fourth-order valence-electron chi connectivity index (χ4n) is 2.76. The van der Waals surface area contributed by atoms with Crippen LogP contribution in [0.1, 0.15) is 46.5 Å². The number of nitrogens with one attached hydrogen (secondary N) is 1. The number of halogens is 1. The largest absolute Gasteiger partial charge is 0.361 e. The van der Waals surface area contributed by atoms with E-state index in [4.69, 9.17) is 0 Å². The van der Waals surface area contributed by atoms with Gasteiger partial charge in [-0.1, -0.05) is 27.2 Å². The molecule has 0 heterocycles. The second-order valence-corrected chi connectivity index (χ2v) is 6.53. The van der Waals surface area contributed by atoms with Crippen LogP contribution >= 0.6 is 0 Å². The van der Waals surface area contributed by atoms with E-state index in [1.165, 1.54) is 12.1 Å². The number of hydrogen-bond donors (Lipinski definition) is 1. The van der Waals surface area contributed by atoms with Crippen molar-refractivity contribution >= 4 is 11.5 Å². The average molecular weight is 289 g/mol. The van der Waals surface area contributed by atoms with Crippen molar-refractivity contribution in [1.82, 2.24) is 0 Å². The van der Waals surface area contributed by atoms with Crippen molar-refractivity contribution in [1.29, 1.82) is 0 Å². The summed E-state index contributed by atoms with van der Waals surface area (Å²) in [4.78, 5) is 12.1. The molecule has 1 fully saturated rings. The van der Waals surface area contributed by atoms with Gasteiger partial charge in [0.05, 0.1) is 0 Å². The summed E-state index contributed by atoms with van der Waals surface area (Å²) < 4.78 is 12.9. The number of rotatable bonds is 4. The van der Waals surface area contributed by atoms with E-state index in [0.29, 0.717) is 12.3 Å². The molecule has 0 spiro atoms. The lowest BCUT2D eigenvalue weighted by molar-refractivity contribution is -0.117. The zero-order valence-corrected chi connectivity index (χ0v) is 13.1. The number of allylic oxidation sites excluding steroid dienone is 1. The standard InChI is InChI=1S/C18H24FNO/c1-4-18(2,3)14-5-10-17(21)13(11-14)12-20-16-8-6-15(19)7-9-16/h6-9,12,14,20H,4-5,10-11H2,1-3H3/b13-12+/t14-/m1/s1. The lowest BCUT2D eigenvalue weighted by Gasteiger charge is -2.36. The van der Waals surface area contributed by atoms with Crippen molar-refractivity contribution in [2.45, 2.75) is 46.5 Å². The summed E-state index contributed by atoms with van der Waals surface area (Å²) in [6, 6.07) is 6.17. The molecule has 0 unspecified atom stereocenters. The molecular formula is C18H24FNO. The van der Waals surface area contributed by atoms with Crippen LogP contribution in [0.3, 0.4) is 0 Å². The van der Waals surface area contributed by atoms with Gasteiger partial charge in [-0.15, -0.1) is 0 Å². The highest BCUT2D eigenvalue weighted by atomic mass is 19.1. The molecule has 0 aliphatic heterocycles. The Hall–Kier alpha value is -1.64. The minimum atomic E-state index is -0.258. The first-order chi connectivity index (χ1) is 9.92. The monoisotopic (exact) mass is 289 g/mol. The van der Waals surface area contributed by atoms with Crippen LogP contribution in [-0.2, 0) is 4.79 Å². The van der Waals surface area contributed by atoms with Crippen LogP contribution in [0.5, 0.6) is 0 Å². The molecule has 3 heteroatoms. The smallest absolute Gasteiger partial charge is 0.160 e. The van der Waals surface area contributed by atoms with Crippen LogP contribution in [0.2, 0.25) is 0 Å². The Kier molecular flexibility index (Phi) is 4.81. The maximum atomic E-state index is 12.9. The molecule has 1 aromatic carbocycles. The summed E-state index contributed by atoms with van der Waals surface area (Å²) in [6.45, 7) is 6.76. The molecule has 1 saturated carbocycles. The fourth-order valence-corrected chi connectivity index (χ4v) is 2.76. The number of ketones is 1. The maximum Gasteiger partial charge on any atom is 0.160 e. The zero-order chi connectivity index (χ0) is 15.5. The SMILES string of the molecule is CCC(C)(C)[C@@H]1CCC(=O)/C(=C/Nc2ccc(F)cc2)C1. The lowest BCUT2D eigenvalue weighted by atomic mass is 9.68. The van der Waals surface area contributed by atoms with Crippen molar-refractivity contribution in [2.75, 3.05) is 5.32 Å². The van der Waals surface area contributed by atoms with Gasteiger partial charge in [0.2, 0.25) is 0 Å². The molecule has 0 bridgehead atoms. The van der Waals surface area contributed by atoms with E-state index in [9.17, 15) is 9.18 Å². The predicted octanol–water partition coefficient (Wildman–Crippen LogP) is 4.93. The summed E-state index contributed by atoms with van der Waals surface area (Å²) in [5.74, 6) is 0.515. The molecule has 2 nitrogen and oxygen atoms in total. The number of anilines is 1.